The molecule has 1 aromatic rings. The van der Waals surface area contributed by atoms with Gasteiger partial charge in [-0.3, -0.25) is 9.59 Å². The number of likely N-dealkylation sites (tertiary alicyclic amines) is 1. The molecule has 7 heteroatoms. The zero-order chi connectivity index (χ0) is 24.8. The third-order valence-electron chi connectivity index (χ3n) is 7.85. The Kier molecular flexibility index (Phi) is 9.48. The molecule has 4 rings (SSSR count). The fourth-order valence-electron chi connectivity index (χ4n) is 5.89. The number of hydrogen-bond acceptors (Lipinski definition) is 4. The molecule has 1 N–H and O–H groups in total. The minimum absolute atomic E-state index is 0.0209. The number of nitrogens with zero attached hydrogens (tertiary/aromatic N) is 2. The molecule has 194 valence electrons. The molecular formula is C28H42ClN3O3. The van der Waals surface area contributed by atoms with Crippen LogP contribution in [0.5, 0.6) is 0 Å². The average Bonchev–Trinajstić information content (AvgIpc) is 3.56. The summed E-state index contributed by atoms with van der Waals surface area (Å²) in [5.41, 5.74) is 1.09. The Morgan fingerprint density at radius 3 is 2.46 bits per heavy atom. The van der Waals surface area contributed by atoms with E-state index in [1.54, 1.807) is 0 Å². The Labute approximate surface area is 215 Å². The minimum atomic E-state index is -0.317. The highest BCUT2D eigenvalue weighted by atomic mass is 35.5. The quantitative estimate of drug-likeness (QED) is 0.541. The van der Waals surface area contributed by atoms with Crippen LogP contribution in [0.1, 0.15) is 70.8 Å². The predicted octanol–water partition coefficient (Wildman–Crippen LogP) is 4.44. The second-order valence-corrected chi connectivity index (χ2v) is 11.3. The summed E-state index contributed by atoms with van der Waals surface area (Å²) in [6.45, 7) is 6.81. The fourth-order valence-corrected chi connectivity index (χ4v) is 6.01. The van der Waals surface area contributed by atoms with E-state index in [2.05, 4.69) is 10.2 Å². The summed E-state index contributed by atoms with van der Waals surface area (Å²) in [5.74, 6) is 0.346. The summed E-state index contributed by atoms with van der Waals surface area (Å²) in [6, 6.07) is 7.87. The van der Waals surface area contributed by atoms with Gasteiger partial charge in [-0.15, -0.1) is 0 Å². The molecule has 2 amide bonds. The molecule has 6 nitrogen and oxygen atoms in total. The Morgan fingerprint density at radius 2 is 1.80 bits per heavy atom. The zero-order valence-electron chi connectivity index (χ0n) is 21.4. The highest BCUT2D eigenvalue weighted by Crippen LogP contribution is 2.29. The van der Waals surface area contributed by atoms with Gasteiger partial charge in [-0.05, 0) is 56.2 Å². The first kappa shape index (κ1) is 26.4. The smallest absolute Gasteiger partial charge is 0.240 e. The normalized spacial score (nSPS) is 24.2. The van der Waals surface area contributed by atoms with Gasteiger partial charge in [0.1, 0.15) is 0 Å². The minimum Gasteiger partial charge on any atom is -0.377 e. The maximum absolute atomic E-state index is 13.8. The number of carbonyl (C=O) groups is 2. The van der Waals surface area contributed by atoms with Gasteiger partial charge in [0.2, 0.25) is 11.8 Å². The lowest BCUT2D eigenvalue weighted by atomic mass is 9.92. The van der Waals surface area contributed by atoms with Crippen LogP contribution in [0.4, 0.5) is 0 Å². The number of benzene rings is 1. The molecule has 1 saturated carbocycles. The Hall–Kier alpha value is -1.63. The van der Waals surface area contributed by atoms with E-state index in [9.17, 15) is 9.59 Å². The Bertz CT molecular complexity index is 834. The van der Waals surface area contributed by atoms with Crippen molar-refractivity contribution >= 4 is 23.4 Å². The van der Waals surface area contributed by atoms with E-state index in [0.717, 1.165) is 44.3 Å². The lowest BCUT2D eigenvalue weighted by Crippen LogP contribution is -2.52. The second-order valence-electron chi connectivity index (χ2n) is 10.8. The second kappa shape index (κ2) is 12.6. The third kappa shape index (κ3) is 6.99. The highest BCUT2D eigenvalue weighted by Gasteiger charge is 2.39. The number of rotatable bonds is 9. The summed E-state index contributed by atoms with van der Waals surface area (Å²) in [4.78, 5) is 31.2. The lowest BCUT2D eigenvalue weighted by molar-refractivity contribution is -0.141. The van der Waals surface area contributed by atoms with Gasteiger partial charge in [-0.25, -0.2) is 0 Å². The van der Waals surface area contributed by atoms with E-state index >= 15 is 0 Å². The van der Waals surface area contributed by atoms with Crippen LogP contribution in [-0.2, 0) is 20.7 Å². The molecule has 0 spiro atoms. The van der Waals surface area contributed by atoms with Gasteiger partial charge in [-0.2, -0.15) is 0 Å². The number of carbonyl (C=O) groups excluding carboxylic acids is 2. The number of hydrogen-bond donors (Lipinski definition) is 1. The summed E-state index contributed by atoms with van der Waals surface area (Å²) in [5, 5.41) is 4.22. The molecule has 0 radical (unpaired) electrons. The van der Waals surface area contributed by atoms with E-state index in [-0.39, 0.29) is 35.9 Å². The van der Waals surface area contributed by atoms with Crippen LogP contribution in [0.15, 0.2) is 24.3 Å². The fraction of sp³-hybridized carbons (Fsp3) is 0.714. The molecule has 1 aromatic carbocycles. The van der Waals surface area contributed by atoms with E-state index < -0.39 is 0 Å². The van der Waals surface area contributed by atoms with Gasteiger partial charge in [0.15, 0.2) is 0 Å². The summed E-state index contributed by atoms with van der Waals surface area (Å²) in [7, 11) is 0. The van der Waals surface area contributed by atoms with Gasteiger partial charge in [0.25, 0.3) is 0 Å². The van der Waals surface area contributed by atoms with Gasteiger partial charge in [-0.1, -0.05) is 56.8 Å². The summed E-state index contributed by atoms with van der Waals surface area (Å²) < 4.78 is 5.79. The maximum atomic E-state index is 13.8. The van der Waals surface area contributed by atoms with Gasteiger partial charge >= 0.3 is 0 Å². The van der Waals surface area contributed by atoms with Crippen molar-refractivity contribution in [3.63, 3.8) is 0 Å². The number of nitrogens with one attached hydrogen (secondary N) is 1. The van der Waals surface area contributed by atoms with Crippen LogP contribution in [-0.4, -0.2) is 72.1 Å². The molecular weight excluding hydrogens is 462 g/mol. The molecule has 3 atom stereocenters. The lowest BCUT2D eigenvalue weighted by Gasteiger charge is -2.39. The third-order valence-corrected chi connectivity index (χ3v) is 8.10. The van der Waals surface area contributed by atoms with Crippen molar-refractivity contribution in [3.05, 3.63) is 34.9 Å². The molecule has 3 aliphatic rings. The van der Waals surface area contributed by atoms with E-state index in [1.165, 1.54) is 19.3 Å². The van der Waals surface area contributed by atoms with Crippen molar-refractivity contribution in [1.82, 2.24) is 15.1 Å². The maximum Gasteiger partial charge on any atom is 0.240 e. The van der Waals surface area contributed by atoms with Crippen molar-refractivity contribution in [2.24, 2.45) is 5.92 Å². The van der Waals surface area contributed by atoms with Crippen LogP contribution >= 0.6 is 11.6 Å². The van der Waals surface area contributed by atoms with Gasteiger partial charge < -0.3 is 19.9 Å². The largest absolute Gasteiger partial charge is 0.377 e. The molecule has 2 unspecified atom stereocenters. The number of halogens is 1. The van der Waals surface area contributed by atoms with Gasteiger partial charge in [0.05, 0.1) is 18.2 Å². The number of amides is 2. The molecule has 2 heterocycles. The van der Waals surface area contributed by atoms with Crippen molar-refractivity contribution in [2.45, 2.75) is 95.9 Å². The molecule has 2 aliphatic heterocycles. The first-order valence-corrected chi connectivity index (χ1v) is 14.0. The monoisotopic (exact) mass is 503 g/mol. The first-order valence-electron chi connectivity index (χ1n) is 13.6. The van der Waals surface area contributed by atoms with Gasteiger partial charge in [0, 0.05) is 43.2 Å². The highest BCUT2D eigenvalue weighted by molar-refractivity contribution is 6.30. The molecule has 35 heavy (non-hydrogen) atoms. The summed E-state index contributed by atoms with van der Waals surface area (Å²) in [6.07, 6.45) is 9.59. The number of ether oxygens (including phenoxy) is 1. The predicted molar refractivity (Wildman–Crippen MR) is 139 cm³/mol. The first-order chi connectivity index (χ1) is 16.9. The standard InChI is InChI=1S/C28H42ClN3O3/c1-20(2)27(33)32(23-7-4-3-5-8-23)24-14-15-31(19-24)28(34)26(30-18-25-9-6-16-35-25)17-21-10-12-22(29)13-11-21/h10-13,20,23-26,30H,3-9,14-19H2,1-2H3/t24?,25-,26?/m0/s1. The SMILES string of the molecule is CC(C)C(=O)N(C1CCCCC1)C1CCN(C(=O)C(Cc2ccc(Cl)cc2)NC[C@@H]2CCCO2)C1. The van der Waals surface area contributed by atoms with Crippen LogP contribution in [0.25, 0.3) is 0 Å². The Morgan fingerprint density at radius 1 is 1.06 bits per heavy atom. The summed E-state index contributed by atoms with van der Waals surface area (Å²) >= 11 is 6.08. The Balaban J connectivity index is 1.44. The average molecular weight is 504 g/mol. The van der Waals surface area contributed by atoms with E-state index in [0.29, 0.717) is 37.1 Å². The van der Waals surface area contributed by atoms with Crippen LogP contribution in [0.3, 0.4) is 0 Å². The van der Waals surface area contributed by atoms with Crippen molar-refractivity contribution < 1.29 is 14.3 Å². The van der Waals surface area contributed by atoms with Crippen LogP contribution in [0.2, 0.25) is 5.02 Å². The van der Waals surface area contributed by atoms with Crippen molar-refractivity contribution in [2.75, 3.05) is 26.2 Å². The van der Waals surface area contributed by atoms with Crippen molar-refractivity contribution in [1.29, 1.82) is 0 Å². The molecule has 3 fully saturated rings. The molecule has 2 saturated heterocycles. The zero-order valence-corrected chi connectivity index (χ0v) is 22.1. The van der Waals surface area contributed by atoms with E-state index in [4.69, 9.17) is 16.3 Å². The van der Waals surface area contributed by atoms with Crippen molar-refractivity contribution in [3.8, 4) is 0 Å². The molecule has 0 aromatic heterocycles. The van der Waals surface area contributed by atoms with E-state index in [1.807, 2.05) is 43.0 Å². The molecule has 0 bridgehead atoms. The molecule has 1 aliphatic carbocycles. The van der Waals surface area contributed by atoms with Crippen LogP contribution in [0, 0.1) is 5.92 Å². The van der Waals surface area contributed by atoms with Crippen LogP contribution < -0.4 is 5.32 Å². The topological polar surface area (TPSA) is 61.9 Å².